The fourth-order valence-electron chi connectivity index (χ4n) is 1.21. The molecule has 0 aliphatic heterocycles. The molecule has 0 heterocycles. The first-order chi connectivity index (χ1) is 8.29. The molecule has 8 nitrogen and oxygen atoms in total. The number of nitrogens with one attached hydrogen (secondary N) is 1. The van der Waals surface area contributed by atoms with Crippen LogP contribution in [0.2, 0.25) is 0 Å². The Balaban J connectivity index is 4.49. The van der Waals surface area contributed by atoms with Crippen molar-refractivity contribution in [3.63, 3.8) is 0 Å². The van der Waals surface area contributed by atoms with Gasteiger partial charge in [-0.25, -0.2) is 9.59 Å². The highest BCUT2D eigenvalue weighted by Crippen LogP contribution is 1.99. The molecule has 0 aromatic carbocycles. The minimum absolute atomic E-state index is 0.224. The van der Waals surface area contributed by atoms with E-state index >= 15 is 0 Å². The van der Waals surface area contributed by atoms with E-state index in [4.69, 9.17) is 15.6 Å². The van der Waals surface area contributed by atoms with Crippen LogP contribution in [0, 0.1) is 0 Å². The molecule has 0 bridgehead atoms. The Bertz CT molecular complexity index is 321. The Labute approximate surface area is 105 Å². The quantitative estimate of drug-likeness (QED) is 0.542. The number of aliphatic carboxylic acids is 1. The number of urea groups is 1. The summed E-state index contributed by atoms with van der Waals surface area (Å²) in [7, 11) is 3.00. The lowest BCUT2D eigenvalue weighted by molar-refractivity contribution is -0.141. The summed E-state index contributed by atoms with van der Waals surface area (Å²) < 4.78 is 4.88. The van der Waals surface area contributed by atoms with Crippen molar-refractivity contribution >= 4 is 17.9 Å². The van der Waals surface area contributed by atoms with E-state index in [1.54, 1.807) is 6.92 Å². The summed E-state index contributed by atoms with van der Waals surface area (Å²) in [6.07, 6.45) is -0.451. The molecule has 0 saturated heterocycles. The number of carbonyl (C=O) groups is 3. The predicted octanol–water partition coefficient (Wildman–Crippen LogP) is -1.01. The highest BCUT2D eigenvalue weighted by atomic mass is 16.5. The van der Waals surface area contributed by atoms with Crippen LogP contribution in [-0.2, 0) is 14.3 Å². The number of methoxy groups -OCH3 is 1. The van der Waals surface area contributed by atoms with E-state index in [9.17, 15) is 14.4 Å². The average Bonchev–Trinajstić information content (AvgIpc) is 2.26. The Morgan fingerprint density at radius 1 is 1.44 bits per heavy atom. The van der Waals surface area contributed by atoms with Gasteiger partial charge < -0.3 is 25.8 Å². The predicted molar refractivity (Wildman–Crippen MR) is 62.9 cm³/mol. The van der Waals surface area contributed by atoms with Crippen LogP contribution in [0.4, 0.5) is 4.79 Å². The molecule has 0 aromatic heterocycles. The highest BCUT2D eigenvalue weighted by Gasteiger charge is 2.25. The van der Waals surface area contributed by atoms with Crippen LogP contribution in [0.15, 0.2) is 0 Å². The van der Waals surface area contributed by atoms with Crippen molar-refractivity contribution in [1.82, 2.24) is 10.2 Å². The monoisotopic (exact) mass is 261 g/mol. The molecule has 1 unspecified atom stereocenters. The van der Waals surface area contributed by atoms with Crippen molar-refractivity contribution in [3.05, 3.63) is 0 Å². The lowest BCUT2D eigenvalue weighted by Crippen LogP contribution is -2.51. The maximum atomic E-state index is 11.7. The third-order valence-corrected chi connectivity index (χ3v) is 2.39. The zero-order chi connectivity index (χ0) is 14.3. The normalized spacial score (nSPS) is 13.5. The fraction of sp³-hybridized carbons (Fsp3) is 0.700. The molecule has 4 N–H and O–H groups in total. The van der Waals surface area contributed by atoms with Crippen molar-refractivity contribution in [2.24, 2.45) is 5.73 Å². The number of ether oxygens (including phenoxy) is 1. The van der Waals surface area contributed by atoms with Gasteiger partial charge in [-0.3, -0.25) is 4.79 Å². The molecule has 0 fully saturated rings. The number of hydrogen-bond acceptors (Lipinski definition) is 4. The zero-order valence-electron chi connectivity index (χ0n) is 10.7. The Kier molecular flexibility index (Phi) is 6.73. The Morgan fingerprint density at radius 3 is 2.39 bits per heavy atom. The van der Waals surface area contributed by atoms with E-state index in [0.29, 0.717) is 6.61 Å². The summed E-state index contributed by atoms with van der Waals surface area (Å²) in [5, 5.41) is 11.0. The highest BCUT2D eigenvalue weighted by molar-refractivity contribution is 5.87. The lowest BCUT2D eigenvalue weighted by atomic mass is 10.2. The molecule has 0 aromatic rings. The Hall–Kier alpha value is -1.83. The maximum Gasteiger partial charge on any atom is 0.326 e. The number of rotatable bonds is 7. The van der Waals surface area contributed by atoms with Crippen LogP contribution < -0.4 is 11.1 Å². The van der Waals surface area contributed by atoms with Gasteiger partial charge in [-0.1, -0.05) is 0 Å². The van der Waals surface area contributed by atoms with Crippen LogP contribution in [0.25, 0.3) is 0 Å². The molecular formula is C10H19N3O5. The molecule has 0 saturated carbocycles. The maximum absolute atomic E-state index is 11.7. The molecular weight excluding hydrogens is 242 g/mol. The summed E-state index contributed by atoms with van der Waals surface area (Å²) in [6, 6.07) is -2.15. The second-order valence-electron chi connectivity index (χ2n) is 3.93. The third-order valence-electron chi connectivity index (χ3n) is 2.39. The molecule has 0 aliphatic rings. The van der Waals surface area contributed by atoms with Crippen LogP contribution >= 0.6 is 0 Å². The van der Waals surface area contributed by atoms with Gasteiger partial charge in [-0.15, -0.1) is 0 Å². The number of hydrogen-bond donors (Lipinski definition) is 3. The van der Waals surface area contributed by atoms with Crippen molar-refractivity contribution in [1.29, 1.82) is 0 Å². The van der Waals surface area contributed by atoms with Crippen LogP contribution in [0.1, 0.15) is 13.3 Å². The van der Waals surface area contributed by atoms with Crippen LogP contribution in [0.5, 0.6) is 0 Å². The lowest BCUT2D eigenvalue weighted by Gasteiger charge is -2.26. The molecule has 0 rings (SSSR count). The average molecular weight is 261 g/mol. The van der Waals surface area contributed by atoms with Gasteiger partial charge in [-0.2, -0.15) is 0 Å². The fourth-order valence-corrected chi connectivity index (χ4v) is 1.21. The van der Waals surface area contributed by atoms with E-state index in [2.05, 4.69) is 5.32 Å². The molecule has 0 aliphatic carbocycles. The van der Waals surface area contributed by atoms with E-state index in [-0.39, 0.29) is 6.04 Å². The smallest absolute Gasteiger partial charge is 0.326 e. The molecule has 18 heavy (non-hydrogen) atoms. The number of amides is 3. The van der Waals surface area contributed by atoms with Gasteiger partial charge in [0, 0.05) is 14.2 Å². The van der Waals surface area contributed by atoms with Crippen LogP contribution in [0.3, 0.4) is 0 Å². The van der Waals surface area contributed by atoms with Gasteiger partial charge in [0.2, 0.25) is 5.91 Å². The molecule has 0 spiro atoms. The van der Waals surface area contributed by atoms with E-state index in [0.717, 1.165) is 0 Å². The number of carboxylic acid groups (broad SMARTS) is 1. The second-order valence-corrected chi connectivity index (χ2v) is 3.93. The number of nitrogens with zero attached hydrogens (tertiary/aromatic N) is 1. The summed E-state index contributed by atoms with van der Waals surface area (Å²) in [5.74, 6) is -2.11. The molecule has 3 amide bonds. The van der Waals surface area contributed by atoms with Gasteiger partial charge in [0.15, 0.2) is 0 Å². The summed E-state index contributed by atoms with van der Waals surface area (Å²) in [6.45, 7) is 2.06. The van der Waals surface area contributed by atoms with Gasteiger partial charge >= 0.3 is 12.0 Å². The van der Waals surface area contributed by atoms with Crippen molar-refractivity contribution in [2.75, 3.05) is 20.8 Å². The topological polar surface area (TPSA) is 122 Å². The number of primary amides is 1. The first-order valence-electron chi connectivity index (χ1n) is 5.33. The van der Waals surface area contributed by atoms with Crippen molar-refractivity contribution in [3.8, 4) is 0 Å². The number of likely N-dealkylation sites (N-methyl/N-ethyl adjacent to an activating group) is 1. The van der Waals surface area contributed by atoms with Gasteiger partial charge in [0.1, 0.15) is 6.04 Å². The largest absolute Gasteiger partial charge is 0.480 e. The summed E-state index contributed by atoms with van der Waals surface area (Å²) >= 11 is 0. The number of carbonyl (C=O) groups excluding carboxylic acids is 2. The van der Waals surface area contributed by atoms with Crippen LogP contribution in [-0.4, -0.2) is 60.8 Å². The molecule has 8 heteroatoms. The van der Waals surface area contributed by atoms with E-state index in [1.165, 1.54) is 19.1 Å². The van der Waals surface area contributed by atoms with Gasteiger partial charge in [0.25, 0.3) is 0 Å². The standard InChI is InChI=1S/C10H19N3O5/c1-6(5-18-3)13(2)10(17)12-7(9(15)16)4-8(11)14/h6-7H,4-5H2,1-3H3,(H2,11,14)(H,12,17)(H,15,16)/t6?,7-/m0/s1. The first kappa shape index (κ1) is 16.2. The summed E-state index contributed by atoms with van der Waals surface area (Å²) in [5.41, 5.74) is 4.90. The molecule has 2 atom stereocenters. The molecule has 0 radical (unpaired) electrons. The zero-order valence-corrected chi connectivity index (χ0v) is 10.7. The van der Waals surface area contributed by atoms with Crippen molar-refractivity contribution < 1.29 is 24.2 Å². The minimum Gasteiger partial charge on any atom is -0.480 e. The minimum atomic E-state index is -1.33. The third kappa shape index (κ3) is 5.48. The van der Waals surface area contributed by atoms with Crippen molar-refractivity contribution in [2.45, 2.75) is 25.4 Å². The molecule has 104 valence electrons. The van der Waals surface area contributed by atoms with E-state index < -0.39 is 30.4 Å². The van der Waals surface area contributed by atoms with E-state index in [1.807, 2.05) is 0 Å². The number of carboxylic acids is 1. The van der Waals surface area contributed by atoms with Gasteiger partial charge in [-0.05, 0) is 6.92 Å². The SMILES string of the molecule is COCC(C)N(C)C(=O)N[C@@H](CC(N)=O)C(=O)O. The first-order valence-corrected chi connectivity index (χ1v) is 5.33. The Morgan fingerprint density at radius 2 is 2.00 bits per heavy atom. The number of nitrogens with two attached hydrogens (primary N) is 1. The van der Waals surface area contributed by atoms with Gasteiger partial charge in [0.05, 0.1) is 19.1 Å². The summed E-state index contributed by atoms with van der Waals surface area (Å²) in [4.78, 5) is 34.5. The second kappa shape index (κ2) is 7.49.